The number of amides is 2. The highest BCUT2D eigenvalue weighted by Crippen LogP contribution is 2.11. The van der Waals surface area contributed by atoms with Crippen molar-refractivity contribution >= 4 is 11.7 Å². The van der Waals surface area contributed by atoms with Crippen molar-refractivity contribution in [2.75, 3.05) is 25.0 Å². The number of hydrogen-bond donors (Lipinski definition) is 2. The van der Waals surface area contributed by atoms with E-state index >= 15 is 0 Å². The maximum atomic E-state index is 12.7. The molecule has 2 amide bonds. The van der Waals surface area contributed by atoms with E-state index < -0.39 is 6.04 Å². The fraction of sp³-hybridized carbons (Fsp3) is 0.333. The van der Waals surface area contributed by atoms with Crippen LogP contribution >= 0.6 is 0 Å². The third kappa shape index (κ3) is 2.76. The number of rotatable bonds is 1. The number of nitrogens with zero attached hydrogens (tertiary/aromatic N) is 2. The maximum Gasteiger partial charge on any atom is 0.323 e. The average Bonchev–Trinajstić information content (AvgIpc) is 2.41. The number of carbonyl (C=O) groups is 1. The van der Waals surface area contributed by atoms with E-state index in [0.717, 1.165) is 0 Å². The zero-order chi connectivity index (χ0) is 13.0. The fourth-order valence-corrected chi connectivity index (χ4v) is 1.79. The van der Waals surface area contributed by atoms with E-state index in [-0.39, 0.29) is 11.8 Å². The lowest BCUT2D eigenvalue weighted by molar-refractivity contribution is 0.188. The Morgan fingerprint density at radius 3 is 2.89 bits per heavy atom. The molecule has 1 fully saturated rings. The second kappa shape index (κ2) is 5.47. The molecule has 5 nitrogen and oxygen atoms in total. The van der Waals surface area contributed by atoms with Gasteiger partial charge in [0.1, 0.15) is 11.9 Å². The molecule has 1 heterocycles. The number of halogens is 1. The highest BCUT2D eigenvalue weighted by Gasteiger charge is 2.26. The lowest BCUT2D eigenvalue weighted by atomic mass is 10.2. The highest BCUT2D eigenvalue weighted by molar-refractivity contribution is 5.89. The van der Waals surface area contributed by atoms with E-state index in [1.807, 2.05) is 0 Å². The second-order valence-corrected chi connectivity index (χ2v) is 3.98. The number of piperazine rings is 1. The quantitative estimate of drug-likeness (QED) is 0.783. The van der Waals surface area contributed by atoms with Crippen LogP contribution in [0.15, 0.2) is 24.3 Å². The fourth-order valence-electron chi connectivity index (χ4n) is 1.79. The number of nitrogens with one attached hydrogen (secondary N) is 2. The Labute approximate surface area is 104 Å². The monoisotopic (exact) mass is 248 g/mol. The summed E-state index contributed by atoms with van der Waals surface area (Å²) in [6.07, 6.45) is 0. The van der Waals surface area contributed by atoms with Crippen molar-refractivity contribution in [2.45, 2.75) is 6.04 Å². The Kier molecular flexibility index (Phi) is 3.75. The molecule has 0 spiro atoms. The van der Waals surface area contributed by atoms with Gasteiger partial charge in [-0.15, -0.1) is 0 Å². The minimum atomic E-state index is -0.473. The summed E-state index contributed by atoms with van der Waals surface area (Å²) in [5, 5.41) is 14.6. The summed E-state index contributed by atoms with van der Waals surface area (Å²) in [6, 6.07) is 6.77. The molecule has 1 atom stereocenters. The summed E-state index contributed by atoms with van der Waals surface area (Å²) in [5.41, 5.74) is 0.511. The van der Waals surface area contributed by atoms with E-state index in [1.54, 1.807) is 0 Å². The van der Waals surface area contributed by atoms with Gasteiger partial charge in [-0.05, 0) is 24.3 Å². The molecule has 0 saturated carbocycles. The van der Waals surface area contributed by atoms with E-state index in [0.29, 0.717) is 25.3 Å². The van der Waals surface area contributed by atoms with Crippen LogP contribution < -0.4 is 10.6 Å². The van der Waals surface area contributed by atoms with Gasteiger partial charge in [0, 0.05) is 25.3 Å². The molecule has 18 heavy (non-hydrogen) atoms. The van der Waals surface area contributed by atoms with Gasteiger partial charge in [0.15, 0.2) is 0 Å². The van der Waals surface area contributed by atoms with Crippen LogP contribution in [0, 0.1) is 17.1 Å². The van der Waals surface area contributed by atoms with Crippen LogP contribution in [0.25, 0.3) is 0 Å². The molecular formula is C12H13FN4O. The molecule has 0 bridgehead atoms. The van der Waals surface area contributed by atoms with Crippen LogP contribution in [0.2, 0.25) is 0 Å². The third-order valence-electron chi connectivity index (χ3n) is 2.75. The lowest BCUT2D eigenvalue weighted by Gasteiger charge is -2.31. The number of nitriles is 1. The summed E-state index contributed by atoms with van der Waals surface area (Å²) >= 11 is 0. The van der Waals surface area contributed by atoms with E-state index in [1.165, 1.54) is 29.2 Å². The topological polar surface area (TPSA) is 68.2 Å². The molecule has 1 saturated heterocycles. The van der Waals surface area contributed by atoms with E-state index in [2.05, 4.69) is 16.7 Å². The predicted octanol–water partition coefficient (Wildman–Crippen LogP) is 1.15. The molecule has 1 aliphatic heterocycles. The first-order chi connectivity index (χ1) is 8.70. The first-order valence-electron chi connectivity index (χ1n) is 5.64. The van der Waals surface area contributed by atoms with Crippen LogP contribution in [0.4, 0.5) is 14.9 Å². The molecule has 2 N–H and O–H groups in total. The van der Waals surface area contributed by atoms with Crippen LogP contribution in [-0.4, -0.2) is 36.6 Å². The maximum absolute atomic E-state index is 12.7. The van der Waals surface area contributed by atoms with Crippen molar-refractivity contribution in [1.29, 1.82) is 5.26 Å². The van der Waals surface area contributed by atoms with Crippen molar-refractivity contribution in [3.05, 3.63) is 30.1 Å². The summed E-state index contributed by atoms with van der Waals surface area (Å²) < 4.78 is 12.7. The van der Waals surface area contributed by atoms with Crippen molar-refractivity contribution in [3.63, 3.8) is 0 Å². The number of hydrogen-bond acceptors (Lipinski definition) is 3. The number of benzene rings is 1. The largest absolute Gasteiger partial charge is 0.323 e. The smallest absolute Gasteiger partial charge is 0.312 e. The molecule has 0 radical (unpaired) electrons. The van der Waals surface area contributed by atoms with Gasteiger partial charge >= 0.3 is 6.03 Å². The van der Waals surface area contributed by atoms with Gasteiger partial charge in [0.25, 0.3) is 0 Å². The summed E-state index contributed by atoms with van der Waals surface area (Å²) in [7, 11) is 0. The van der Waals surface area contributed by atoms with Gasteiger partial charge < -0.3 is 15.5 Å². The lowest BCUT2D eigenvalue weighted by Crippen LogP contribution is -2.54. The van der Waals surface area contributed by atoms with Crippen molar-refractivity contribution in [3.8, 4) is 6.07 Å². The molecule has 6 heteroatoms. The zero-order valence-corrected chi connectivity index (χ0v) is 9.69. The van der Waals surface area contributed by atoms with Crippen LogP contribution in [0.1, 0.15) is 0 Å². The predicted molar refractivity (Wildman–Crippen MR) is 64.4 cm³/mol. The van der Waals surface area contributed by atoms with Crippen LogP contribution in [-0.2, 0) is 0 Å². The molecule has 1 aromatic carbocycles. The Hall–Kier alpha value is -2.13. The van der Waals surface area contributed by atoms with Gasteiger partial charge in [-0.3, -0.25) is 0 Å². The summed E-state index contributed by atoms with van der Waals surface area (Å²) in [6.45, 7) is 1.60. The molecular weight excluding hydrogens is 235 g/mol. The van der Waals surface area contributed by atoms with Crippen LogP contribution in [0.3, 0.4) is 0 Å². The van der Waals surface area contributed by atoms with Crippen molar-refractivity contribution in [2.24, 2.45) is 0 Å². The summed E-state index contributed by atoms with van der Waals surface area (Å²) in [5.74, 6) is -0.356. The van der Waals surface area contributed by atoms with Gasteiger partial charge in [0.2, 0.25) is 0 Å². The molecule has 0 aliphatic carbocycles. The van der Waals surface area contributed by atoms with Crippen molar-refractivity contribution in [1.82, 2.24) is 10.2 Å². The molecule has 94 valence electrons. The Balaban J connectivity index is 2.02. The summed E-state index contributed by atoms with van der Waals surface area (Å²) in [4.78, 5) is 13.4. The van der Waals surface area contributed by atoms with Gasteiger partial charge in [0.05, 0.1) is 6.07 Å². The van der Waals surface area contributed by atoms with Gasteiger partial charge in [-0.1, -0.05) is 0 Å². The number of anilines is 1. The second-order valence-electron chi connectivity index (χ2n) is 3.98. The van der Waals surface area contributed by atoms with E-state index in [9.17, 15) is 9.18 Å². The first kappa shape index (κ1) is 12.3. The first-order valence-corrected chi connectivity index (χ1v) is 5.64. The van der Waals surface area contributed by atoms with E-state index in [4.69, 9.17) is 5.26 Å². The number of urea groups is 1. The Bertz CT molecular complexity index is 468. The zero-order valence-electron chi connectivity index (χ0n) is 9.69. The Morgan fingerprint density at radius 1 is 1.50 bits per heavy atom. The van der Waals surface area contributed by atoms with Crippen molar-refractivity contribution < 1.29 is 9.18 Å². The van der Waals surface area contributed by atoms with Crippen LogP contribution in [0.5, 0.6) is 0 Å². The normalized spacial score (nSPS) is 19.1. The minimum absolute atomic E-state index is 0.338. The molecule has 1 unspecified atom stereocenters. The Morgan fingerprint density at radius 2 is 2.22 bits per heavy atom. The highest BCUT2D eigenvalue weighted by atomic mass is 19.1. The SMILES string of the molecule is N#CC1CNCCN1C(=O)Nc1ccc(F)cc1. The van der Waals surface area contributed by atoms with Gasteiger partial charge in [-0.2, -0.15) is 5.26 Å². The average molecular weight is 248 g/mol. The third-order valence-corrected chi connectivity index (χ3v) is 2.75. The van der Waals surface area contributed by atoms with Gasteiger partial charge in [-0.25, -0.2) is 9.18 Å². The molecule has 0 aromatic heterocycles. The number of carbonyl (C=O) groups excluding carboxylic acids is 1. The minimum Gasteiger partial charge on any atom is -0.312 e. The molecule has 1 aromatic rings. The standard InChI is InChI=1S/C12H13FN4O/c13-9-1-3-10(4-2-9)16-12(18)17-6-5-15-8-11(17)7-14/h1-4,11,15H,5-6,8H2,(H,16,18). The molecule has 2 rings (SSSR count). The molecule has 1 aliphatic rings.